The van der Waals surface area contributed by atoms with Gasteiger partial charge >= 0.3 is 11.9 Å². The van der Waals surface area contributed by atoms with Gasteiger partial charge in [-0.05, 0) is 46.6 Å². The zero-order valence-corrected chi connectivity index (χ0v) is 18.5. The van der Waals surface area contributed by atoms with Crippen LogP contribution in [0.25, 0.3) is 11.0 Å². The van der Waals surface area contributed by atoms with E-state index in [0.717, 1.165) is 6.42 Å². The summed E-state index contributed by atoms with van der Waals surface area (Å²) in [5, 5.41) is 11.6. The zero-order valence-electron chi connectivity index (χ0n) is 17.7. The predicted octanol–water partition coefficient (Wildman–Crippen LogP) is 4.11. The normalized spacial score (nSPS) is 11.5. The molecule has 0 aliphatic carbocycles. The number of nitrogens with zero attached hydrogens (tertiary/aromatic N) is 3. The number of nitro benzene ring substituents is 1. The van der Waals surface area contributed by atoms with Gasteiger partial charge in [-0.1, -0.05) is 11.8 Å². The zero-order chi connectivity index (χ0) is 22.3. The largest absolute Gasteiger partial charge is 0.466 e. The third kappa shape index (κ3) is 7.01. The number of thioether (sulfide) groups is 1. The standard InChI is InChI=1S/C20H27N3O6S/c1-5-28-17(24)8-6-7-11-30-19-21-15-12-14(23(26)27)9-10-16(15)22(19)13-18(25)29-20(2,3)4/h9-10,12H,5-8,11,13H2,1-4H3. The molecule has 0 N–H and O–H groups in total. The highest BCUT2D eigenvalue weighted by Crippen LogP contribution is 2.28. The van der Waals surface area contributed by atoms with E-state index in [1.807, 2.05) is 0 Å². The van der Waals surface area contributed by atoms with E-state index in [0.29, 0.717) is 41.4 Å². The highest BCUT2D eigenvalue weighted by Gasteiger charge is 2.21. The lowest BCUT2D eigenvalue weighted by atomic mass is 10.2. The van der Waals surface area contributed by atoms with E-state index in [-0.39, 0.29) is 18.2 Å². The molecule has 10 heteroatoms. The van der Waals surface area contributed by atoms with Crippen molar-refractivity contribution in [3.05, 3.63) is 28.3 Å². The van der Waals surface area contributed by atoms with Crippen LogP contribution in [-0.2, 0) is 25.6 Å². The quantitative estimate of drug-likeness (QED) is 0.179. The van der Waals surface area contributed by atoms with Crippen molar-refractivity contribution in [1.82, 2.24) is 9.55 Å². The van der Waals surface area contributed by atoms with Gasteiger partial charge in [0.05, 0.1) is 22.6 Å². The Bertz CT molecular complexity index is 919. The average molecular weight is 438 g/mol. The van der Waals surface area contributed by atoms with Gasteiger partial charge in [0.25, 0.3) is 5.69 Å². The summed E-state index contributed by atoms with van der Waals surface area (Å²) in [6, 6.07) is 4.38. The van der Waals surface area contributed by atoms with E-state index in [2.05, 4.69) is 4.98 Å². The van der Waals surface area contributed by atoms with Gasteiger partial charge in [0.1, 0.15) is 12.1 Å². The number of rotatable bonds is 10. The molecule has 1 aromatic heterocycles. The van der Waals surface area contributed by atoms with E-state index < -0.39 is 16.5 Å². The van der Waals surface area contributed by atoms with Gasteiger partial charge in [-0.2, -0.15) is 0 Å². The summed E-state index contributed by atoms with van der Waals surface area (Å²) in [7, 11) is 0. The average Bonchev–Trinajstić information content (AvgIpc) is 2.96. The molecule has 0 saturated heterocycles. The number of unbranched alkanes of at least 4 members (excludes halogenated alkanes) is 1. The molecular formula is C20H27N3O6S. The molecule has 0 amide bonds. The second kappa shape index (κ2) is 10.4. The molecule has 0 radical (unpaired) electrons. The lowest BCUT2D eigenvalue weighted by Gasteiger charge is -2.20. The van der Waals surface area contributed by atoms with Crippen molar-refractivity contribution in [2.24, 2.45) is 0 Å². The molecule has 0 saturated carbocycles. The Hall–Kier alpha value is -2.62. The number of esters is 2. The number of benzene rings is 1. The molecule has 0 bridgehead atoms. The number of imidazole rings is 1. The molecule has 0 atom stereocenters. The second-order valence-corrected chi connectivity index (χ2v) is 8.67. The first kappa shape index (κ1) is 23.7. The van der Waals surface area contributed by atoms with Gasteiger partial charge in [-0.3, -0.25) is 19.7 Å². The summed E-state index contributed by atoms with van der Waals surface area (Å²) in [4.78, 5) is 38.9. The Balaban J connectivity index is 2.15. The number of carbonyl (C=O) groups is 2. The molecule has 30 heavy (non-hydrogen) atoms. The monoisotopic (exact) mass is 437 g/mol. The van der Waals surface area contributed by atoms with Crippen LogP contribution in [-0.4, -0.2) is 44.4 Å². The number of ether oxygens (including phenoxy) is 2. The van der Waals surface area contributed by atoms with Gasteiger partial charge in [0.15, 0.2) is 5.16 Å². The third-order valence-corrected chi connectivity index (χ3v) is 4.99. The summed E-state index contributed by atoms with van der Waals surface area (Å²) < 4.78 is 12.0. The minimum absolute atomic E-state index is 0.0449. The topological polar surface area (TPSA) is 114 Å². The lowest BCUT2D eigenvalue weighted by molar-refractivity contribution is -0.384. The van der Waals surface area contributed by atoms with Crippen LogP contribution in [0.15, 0.2) is 23.4 Å². The molecule has 0 unspecified atom stereocenters. The van der Waals surface area contributed by atoms with E-state index in [1.165, 1.54) is 23.9 Å². The second-order valence-electron chi connectivity index (χ2n) is 7.61. The summed E-state index contributed by atoms with van der Waals surface area (Å²) >= 11 is 1.43. The summed E-state index contributed by atoms with van der Waals surface area (Å²) in [5.41, 5.74) is 0.393. The summed E-state index contributed by atoms with van der Waals surface area (Å²) in [6.45, 7) is 7.47. The van der Waals surface area contributed by atoms with Gasteiger partial charge in [0, 0.05) is 24.3 Å². The molecule has 0 aliphatic heterocycles. The van der Waals surface area contributed by atoms with Crippen LogP contribution in [0.4, 0.5) is 5.69 Å². The highest BCUT2D eigenvalue weighted by atomic mass is 32.2. The van der Waals surface area contributed by atoms with Crippen LogP contribution in [0.5, 0.6) is 0 Å². The van der Waals surface area contributed by atoms with Crippen LogP contribution in [0.2, 0.25) is 0 Å². The van der Waals surface area contributed by atoms with Gasteiger partial charge in [-0.25, -0.2) is 4.98 Å². The maximum Gasteiger partial charge on any atom is 0.326 e. The Morgan fingerprint density at radius 3 is 2.60 bits per heavy atom. The Labute approximate surface area is 179 Å². The lowest BCUT2D eigenvalue weighted by Crippen LogP contribution is -2.26. The SMILES string of the molecule is CCOC(=O)CCCCSc1nc2cc([N+](=O)[O-])ccc2n1CC(=O)OC(C)(C)C. The van der Waals surface area contributed by atoms with Crippen LogP contribution < -0.4 is 0 Å². The first-order valence-corrected chi connectivity index (χ1v) is 10.7. The fourth-order valence-corrected chi connectivity index (χ4v) is 3.76. The Morgan fingerprint density at radius 2 is 1.97 bits per heavy atom. The van der Waals surface area contributed by atoms with E-state index >= 15 is 0 Å². The first-order chi connectivity index (χ1) is 14.1. The summed E-state index contributed by atoms with van der Waals surface area (Å²) in [6.07, 6.45) is 1.80. The smallest absolute Gasteiger partial charge is 0.326 e. The number of fused-ring (bicyclic) bond motifs is 1. The van der Waals surface area contributed by atoms with E-state index in [9.17, 15) is 19.7 Å². The van der Waals surface area contributed by atoms with Crippen molar-refractivity contribution in [1.29, 1.82) is 0 Å². The van der Waals surface area contributed by atoms with Crippen molar-refractivity contribution >= 4 is 40.4 Å². The minimum Gasteiger partial charge on any atom is -0.466 e. The molecule has 2 aromatic rings. The number of aromatic nitrogens is 2. The molecule has 0 fully saturated rings. The van der Waals surface area contributed by atoms with Crippen molar-refractivity contribution in [2.45, 2.75) is 64.3 Å². The van der Waals surface area contributed by atoms with Crippen molar-refractivity contribution in [3.63, 3.8) is 0 Å². The maximum absolute atomic E-state index is 12.4. The number of hydrogen-bond donors (Lipinski definition) is 0. The first-order valence-electron chi connectivity index (χ1n) is 9.75. The summed E-state index contributed by atoms with van der Waals surface area (Å²) in [5.74, 6) is 0.0513. The number of nitro groups is 1. The number of carbonyl (C=O) groups excluding carboxylic acids is 2. The van der Waals surface area contributed by atoms with Gasteiger partial charge < -0.3 is 14.0 Å². The number of hydrogen-bond acceptors (Lipinski definition) is 8. The molecule has 0 spiro atoms. The fraction of sp³-hybridized carbons (Fsp3) is 0.550. The molecule has 2 rings (SSSR count). The Kier molecular flexibility index (Phi) is 8.22. The van der Waals surface area contributed by atoms with Crippen LogP contribution in [0, 0.1) is 10.1 Å². The predicted molar refractivity (Wildman–Crippen MR) is 113 cm³/mol. The van der Waals surface area contributed by atoms with E-state index in [4.69, 9.17) is 9.47 Å². The van der Waals surface area contributed by atoms with Crippen LogP contribution in [0.1, 0.15) is 47.0 Å². The highest BCUT2D eigenvalue weighted by molar-refractivity contribution is 7.99. The van der Waals surface area contributed by atoms with Crippen molar-refractivity contribution in [3.8, 4) is 0 Å². The molecule has 1 heterocycles. The van der Waals surface area contributed by atoms with Crippen LogP contribution in [0.3, 0.4) is 0 Å². The van der Waals surface area contributed by atoms with Crippen molar-refractivity contribution < 1.29 is 24.0 Å². The molecule has 1 aromatic carbocycles. The third-order valence-electron chi connectivity index (χ3n) is 3.93. The van der Waals surface area contributed by atoms with Gasteiger partial charge in [-0.15, -0.1) is 0 Å². The molecular weight excluding hydrogens is 410 g/mol. The van der Waals surface area contributed by atoms with Crippen molar-refractivity contribution in [2.75, 3.05) is 12.4 Å². The minimum atomic E-state index is -0.618. The molecule has 0 aliphatic rings. The molecule has 164 valence electrons. The fourth-order valence-electron chi connectivity index (χ4n) is 2.74. The van der Waals surface area contributed by atoms with E-state index in [1.54, 1.807) is 38.3 Å². The Morgan fingerprint density at radius 1 is 1.23 bits per heavy atom. The number of non-ortho nitro benzene ring substituents is 1. The molecule has 9 nitrogen and oxygen atoms in total. The maximum atomic E-state index is 12.4. The van der Waals surface area contributed by atoms with Gasteiger partial charge in [0.2, 0.25) is 0 Å². The van der Waals surface area contributed by atoms with Crippen LogP contribution >= 0.6 is 11.8 Å².